The molecule has 104 valence electrons. The molecule has 0 aliphatic carbocycles. The van der Waals surface area contributed by atoms with Crippen LogP contribution in [0.5, 0.6) is 0 Å². The third kappa shape index (κ3) is 3.04. The van der Waals surface area contributed by atoms with Crippen LogP contribution in [0.1, 0.15) is 30.3 Å². The van der Waals surface area contributed by atoms with Crippen molar-refractivity contribution in [1.82, 2.24) is 19.8 Å². The highest BCUT2D eigenvalue weighted by molar-refractivity contribution is 5.92. The SMILES string of the molecule is CCCCn1cncc1C(=O)NC1CN(C(=O)O)C1. The minimum Gasteiger partial charge on any atom is -0.465 e. The van der Waals surface area contributed by atoms with Gasteiger partial charge in [-0.1, -0.05) is 13.3 Å². The Morgan fingerprint density at radius 3 is 2.89 bits per heavy atom. The van der Waals surface area contributed by atoms with Crippen LogP contribution < -0.4 is 5.32 Å². The molecule has 1 aromatic heterocycles. The number of amides is 2. The maximum atomic E-state index is 12.0. The maximum absolute atomic E-state index is 12.0. The Hall–Kier alpha value is -2.05. The predicted molar refractivity (Wildman–Crippen MR) is 68.0 cm³/mol. The molecular formula is C12H18N4O3. The normalized spacial score (nSPS) is 15.1. The van der Waals surface area contributed by atoms with Gasteiger partial charge >= 0.3 is 6.09 Å². The second kappa shape index (κ2) is 5.73. The first-order chi connectivity index (χ1) is 9.11. The van der Waals surface area contributed by atoms with E-state index in [4.69, 9.17) is 5.11 Å². The van der Waals surface area contributed by atoms with Crippen LogP contribution in [0, 0.1) is 0 Å². The Balaban J connectivity index is 1.87. The molecule has 0 radical (unpaired) electrons. The fraction of sp³-hybridized carbons (Fsp3) is 0.583. The van der Waals surface area contributed by atoms with Crippen molar-refractivity contribution in [3.05, 3.63) is 18.2 Å². The van der Waals surface area contributed by atoms with Gasteiger partial charge in [0.15, 0.2) is 0 Å². The van der Waals surface area contributed by atoms with E-state index in [1.165, 1.54) is 4.90 Å². The molecule has 0 atom stereocenters. The number of likely N-dealkylation sites (tertiary alicyclic amines) is 1. The predicted octanol–water partition coefficient (Wildman–Crippen LogP) is 0.775. The molecule has 2 N–H and O–H groups in total. The van der Waals surface area contributed by atoms with E-state index in [2.05, 4.69) is 17.2 Å². The standard InChI is InChI=1S/C12H18N4O3/c1-2-3-4-15-8-13-5-10(15)11(17)14-9-6-16(7-9)12(18)19/h5,8-9H,2-4,6-7H2,1H3,(H,14,17)(H,18,19). The van der Waals surface area contributed by atoms with Crippen molar-refractivity contribution in [3.63, 3.8) is 0 Å². The lowest BCUT2D eigenvalue weighted by molar-refractivity contribution is 0.0761. The Kier molecular flexibility index (Phi) is 4.03. The Morgan fingerprint density at radius 1 is 1.53 bits per heavy atom. The molecule has 0 spiro atoms. The molecule has 0 unspecified atom stereocenters. The molecule has 7 heteroatoms. The van der Waals surface area contributed by atoms with Gasteiger partial charge in [-0.15, -0.1) is 0 Å². The molecular weight excluding hydrogens is 248 g/mol. The average Bonchev–Trinajstić information content (AvgIpc) is 2.78. The highest BCUT2D eigenvalue weighted by Gasteiger charge is 2.32. The van der Waals surface area contributed by atoms with Crippen molar-refractivity contribution >= 4 is 12.0 Å². The summed E-state index contributed by atoms with van der Waals surface area (Å²) in [5, 5.41) is 11.5. The van der Waals surface area contributed by atoms with Crippen molar-refractivity contribution < 1.29 is 14.7 Å². The summed E-state index contributed by atoms with van der Waals surface area (Å²) < 4.78 is 1.83. The highest BCUT2D eigenvalue weighted by atomic mass is 16.4. The molecule has 7 nitrogen and oxygen atoms in total. The molecule has 19 heavy (non-hydrogen) atoms. The number of nitrogens with zero attached hydrogens (tertiary/aromatic N) is 3. The highest BCUT2D eigenvalue weighted by Crippen LogP contribution is 2.09. The second-order valence-corrected chi connectivity index (χ2v) is 4.68. The zero-order valence-corrected chi connectivity index (χ0v) is 10.9. The van der Waals surface area contributed by atoms with Crippen molar-refractivity contribution in [1.29, 1.82) is 0 Å². The van der Waals surface area contributed by atoms with E-state index in [0.717, 1.165) is 19.4 Å². The molecule has 1 saturated heterocycles. The quantitative estimate of drug-likeness (QED) is 0.824. The van der Waals surface area contributed by atoms with Gasteiger partial charge in [0.1, 0.15) is 5.69 Å². The van der Waals surface area contributed by atoms with E-state index in [1.807, 2.05) is 4.57 Å². The zero-order valence-electron chi connectivity index (χ0n) is 10.9. The Labute approximate surface area is 111 Å². The average molecular weight is 266 g/mol. The number of carboxylic acid groups (broad SMARTS) is 1. The number of rotatable bonds is 5. The number of carbonyl (C=O) groups is 2. The minimum absolute atomic E-state index is 0.0990. The fourth-order valence-corrected chi connectivity index (χ4v) is 2.00. The summed E-state index contributed by atoms with van der Waals surface area (Å²) in [5.41, 5.74) is 0.530. The summed E-state index contributed by atoms with van der Waals surface area (Å²) in [7, 11) is 0. The van der Waals surface area contributed by atoms with Crippen LogP contribution in [0.2, 0.25) is 0 Å². The number of nitrogens with one attached hydrogen (secondary N) is 1. The lowest BCUT2D eigenvalue weighted by Gasteiger charge is -2.37. The Bertz CT molecular complexity index is 465. The molecule has 1 aliphatic rings. The van der Waals surface area contributed by atoms with Gasteiger partial charge in [-0.25, -0.2) is 9.78 Å². The molecule has 0 aromatic carbocycles. The van der Waals surface area contributed by atoms with Gasteiger partial charge in [0, 0.05) is 19.6 Å². The first-order valence-corrected chi connectivity index (χ1v) is 6.40. The van der Waals surface area contributed by atoms with Crippen LogP contribution in [-0.4, -0.2) is 50.7 Å². The van der Waals surface area contributed by atoms with E-state index in [9.17, 15) is 9.59 Å². The molecule has 1 aliphatic heterocycles. The lowest BCUT2D eigenvalue weighted by Crippen LogP contribution is -2.60. The van der Waals surface area contributed by atoms with Gasteiger partial charge in [-0.2, -0.15) is 0 Å². The van der Waals surface area contributed by atoms with Crippen LogP contribution in [0.4, 0.5) is 4.79 Å². The van der Waals surface area contributed by atoms with Gasteiger partial charge < -0.3 is 19.9 Å². The van der Waals surface area contributed by atoms with E-state index < -0.39 is 6.09 Å². The molecule has 1 fully saturated rings. The summed E-state index contributed by atoms with van der Waals surface area (Å²) in [6.45, 7) is 3.56. The number of hydrogen-bond donors (Lipinski definition) is 2. The Morgan fingerprint density at radius 2 is 2.26 bits per heavy atom. The third-order valence-corrected chi connectivity index (χ3v) is 3.18. The monoisotopic (exact) mass is 266 g/mol. The fourth-order valence-electron chi connectivity index (χ4n) is 2.00. The largest absolute Gasteiger partial charge is 0.465 e. The number of imidazole rings is 1. The van der Waals surface area contributed by atoms with Crippen molar-refractivity contribution in [2.45, 2.75) is 32.4 Å². The van der Waals surface area contributed by atoms with Crippen LogP contribution in [0.25, 0.3) is 0 Å². The van der Waals surface area contributed by atoms with Crippen molar-refractivity contribution in [2.75, 3.05) is 13.1 Å². The van der Waals surface area contributed by atoms with Crippen LogP contribution in [0.15, 0.2) is 12.5 Å². The van der Waals surface area contributed by atoms with Gasteiger partial charge in [0.2, 0.25) is 0 Å². The van der Waals surface area contributed by atoms with Crippen LogP contribution >= 0.6 is 0 Å². The van der Waals surface area contributed by atoms with E-state index in [1.54, 1.807) is 12.5 Å². The number of aryl methyl sites for hydroxylation is 1. The minimum atomic E-state index is -0.946. The molecule has 2 amide bonds. The number of hydrogen-bond acceptors (Lipinski definition) is 3. The topological polar surface area (TPSA) is 87.5 Å². The molecule has 2 rings (SSSR count). The zero-order chi connectivity index (χ0) is 13.8. The summed E-state index contributed by atoms with van der Waals surface area (Å²) >= 11 is 0. The van der Waals surface area contributed by atoms with Crippen LogP contribution in [0.3, 0.4) is 0 Å². The summed E-state index contributed by atoms with van der Waals surface area (Å²) in [6, 6.07) is -0.0990. The van der Waals surface area contributed by atoms with Crippen molar-refractivity contribution in [2.24, 2.45) is 0 Å². The summed E-state index contributed by atoms with van der Waals surface area (Å²) in [6.07, 6.45) is 4.29. The lowest BCUT2D eigenvalue weighted by atomic mass is 10.1. The van der Waals surface area contributed by atoms with Crippen LogP contribution in [-0.2, 0) is 6.54 Å². The molecule has 1 aromatic rings. The summed E-state index contributed by atoms with van der Waals surface area (Å²) in [4.78, 5) is 27.9. The maximum Gasteiger partial charge on any atom is 0.407 e. The van der Waals surface area contributed by atoms with E-state index in [-0.39, 0.29) is 11.9 Å². The van der Waals surface area contributed by atoms with Gasteiger partial charge in [0.05, 0.1) is 18.6 Å². The number of aromatic nitrogens is 2. The van der Waals surface area contributed by atoms with Gasteiger partial charge in [-0.3, -0.25) is 4.79 Å². The molecule has 2 heterocycles. The first-order valence-electron chi connectivity index (χ1n) is 6.40. The number of unbranched alkanes of at least 4 members (excludes halogenated alkanes) is 1. The van der Waals surface area contributed by atoms with Gasteiger partial charge in [0.25, 0.3) is 5.91 Å². The smallest absolute Gasteiger partial charge is 0.407 e. The summed E-state index contributed by atoms with van der Waals surface area (Å²) in [5.74, 6) is -0.191. The van der Waals surface area contributed by atoms with E-state index >= 15 is 0 Å². The second-order valence-electron chi connectivity index (χ2n) is 4.68. The number of carbonyl (C=O) groups excluding carboxylic acids is 1. The first kappa shape index (κ1) is 13.4. The van der Waals surface area contributed by atoms with Crippen molar-refractivity contribution in [3.8, 4) is 0 Å². The third-order valence-electron chi connectivity index (χ3n) is 3.18. The van der Waals surface area contributed by atoms with E-state index in [0.29, 0.717) is 18.8 Å². The molecule has 0 bridgehead atoms. The van der Waals surface area contributed by atoms with Gasteiger partial charge in [-0.05, 0) is 6.42 Å². The molecule has 0 saturated carbocycles.